The number of anilines is 1. The van der Waals surface area contributed by atoms with Crippen LogP contribution in [0.4, 0.5) is 19.0 Å². The minimum Gasteiger partial charge on any atom is -0.345 e. The van der Waals surface area contributed by atoms with E-state index in [4.69, 9.17) is 11.6 Å². The minimum absolute atomic E-state index is 0.168. The molecule has 1 aromatic heterocycles. The molecule has 0 unspecified atom stereocenters. The van der Waals surface area contributed by atoms with Gasteiger partial charge in [0.2, 0.25) is 0 Å². The zero-order valence-electron chi connectivity index (χ0n) is 11.1. The van der Waals surface area contributed by atoms with Crippen molar-refractivity contribution in [3.63, 3.8) is 0 Å². The van der Waals surface area contributed by atoms with E-state index < -0.39 is 12.7 Å². The van der Waals surface area contributed by atoms with Crippen LogP contribution in [0.5, 0.6) is 0 Å². The number of halogens is 4. The molecule has 0 aliphatic carbocycles. The van der Waals surface area contributed by atoms with Gasteiger partial charge in [-0.25, -0.2) is 9.97 Å². The van der Waals surface area contributed by atoms with E-state index in [1.807, 2.05) is 6.92 Å². The number of aryl methyl sites for hydroxylation is 1. The van der Waals surface area contributed by atoms with Gasteiger partial charge >= 0.3 is 6.18 Å². The van der Waals surface area contributed by atoms with Crippen LogP contribution in [0.3, 0.4) is 0 Å². The van der Waals surface area contributed by atoms with Crippen LogP contribution in [0.15, 0.2) is 6.07 Å². The Morgan fingerprint density at radius 2 is 1.95 bits per heavy atom. The van der Waals surface area contributed by atoms with Gasteiger partial charge < -0.3 is 4.90 Å². The molecule has 0 amide bonds. The molecule has 0 aromatic carbocycles. The molecule has 1 heterocycles. The van der Waals surface area contributed by atoms with E-state index in [1.165, 1.54) is 11.0 Å². The van der Waals surface area contributed by atoms with E-state index in [-0.39, 0.29) is 17.0 Å². The van der Waals surface area contributed by atoms with Crippen LogP contribution >= 0.6 is 11.6 Å². The molecule has 0 aliphatic heterocycles. The Labute approximate surface area is 115 Å². The Morgan fingerprint density at radius 1 is 1.32 bits per heavy atom. The van der Waals surface area contributed by atoms with Gasteiger partial charge in [-0.3, -0.25) is 0 Å². The van der Waals surface area contributed by atoms with E-state index in [1.54, 1.807) is 13.8 Å². The third kappa shape index (κ3) is 5.22. The average molecular weight is 296 g/mol. The fourth-order valence-corrected chi connectivity index (χ4v) is 1.85. The third-order valence-electron chi connectivity index (χ3n) is 2.47. The second kappa shape index (κ2) is 6.41. The summed E-state index contributed by atoms with van der Waals surface area (Å²) in [5, 5.41) is 0.168. The highest BCUT2D eigenvalue weighted by Crippen LogP contribution is 2.24. The zero-order valence-corrected chi connectivity index (χ0v) is 11.9. The topological polar surface area (TPSA) is 29.0 Å². The number of hydrogen-bond acceptors (Lipinski definition) is 3. The zero-order chi connectivity index (χ0) is 14.6. The molecule has 0 radical (unpaired) electrons. The summed E-state index contributed by atoms with van der Waals surface area (Å²) in [6, 6.07) is 1.04. The van der Waals surface area contributed by atoms with Crippen molar-refractivity contribution in [1.82, 2.24) is 9.97 Å². The van der Waals surface area contributed by atoms with Crippen LogP contribution in [0.2, 0.25) is 5.15 Å². The number of hydrogen-bond donors (Lipinski definition) is 0. The molecule has 3 nitrogen and oxygen atoms in total. The van der Waals surface area contributed by atoms with Gasteiger partial charge in [-0.1, -0.05) is 18.5 Å². The Hall–Kier alpha value is -1.04. The van der Waals surface area contributed by atoms with Gasteiger partial charge in [-0.05, 0) is 20.3 Å². The van der Waals surface area contributed by atoms with E-state index in [2.05, 4.69) is 9.97 Å². The molecule has 0 saturated carbocycles. The fraction of sp³-hybridized carbons (Fsp3) is 0.667. The summed E-state index contributed by atoms with van der Waals surface area (Å²) < 4.78 is 37.7. The van der Waals surface area contributed by atoms with Gasteiger partial charge in [0, 0.05) is 18.5 Å². The molecule has 0 fully saturated rings. The average Bonchev–Trinajstić information content (AvgIpc) is 2.24. The van der Waals surface area contributed by atoms with Gasteiger partial charge in [-0.2, -0.15) is 13.2 Å². The molecule has 108 valence electrons. The molecule has 0 aliphatic rings. The van der Waals surface area contributed by atoms with Crippen LogP contribution in [-0.2, 0) is 6.42 Å². The van der Waals surface area contributed by atoms with Crippen molar-refractivity contribution in [2.75, 3.05) is 11.4 Å². The summed E-state index contributed by atoms with van der Waals surface area (Å²) in [7, 11) is 0. The van der Waals surface area contributed by atoms with E-state index in [0.717, 1.165) is 6.42 Å². The normalized spacial score (nSPS) is 12.0. The van der Waals surface area contributed by atoms with Crippen LogP contribution in [0.1, 0.15) is 33.0 Å². The van der Waals surface area contributed by atoms with Crippen LogP contribution in [-0.4, -0.2) is 28.7 Å². The molecule has 0 spiro atoms. The molecule has 0 saturated heterocycles. The molecule has 0 bridgehead atoms. The van der Waals surface area contributed by atoms with E-state index in [0.29, 0.717) is 12.2 Å². The highest BCUT2D eigenvalue weighted by molar-refractivity contribution is 6.29. The summed E-state index contributed by atoms with van der Waals surface area (Å²) in [5.41, 5.74) is 0. The first-order valence-corrected chi connectivity index (χ1v) is 6.47. The number of aromatic nitrogens is 2. The lowest BCUT2D eigenvalue weighted by molar-refractivity contribution is -0.120. The Bertz CT molecular complexity index is 421. The molecular weight excluding hydrogens is 279 g/mol. The predicted octanol–water partition coefficient (Wildman–Crippen LogP) is 3.86. The van der Waals surface area contributed by atoms with Crippen molar-refractivity contribution in [2.45, 2.75) is 45.8 Å². The molecule has 19 heavy (non-hydrogen) atoms. The summed E-state index contributed by atoms with van der Waals surface area (Å²) in [5.74, 6) is 0.689. The molecule has 1 rings (SSSR count). The van der Waals surface area contributed by atoms with Gasteiger partial charge in [0.1, 0.15) is 23.3 Å². The summed E-state index contributed by atoms with van der Waals surface area (Å²) in [6.45, 7) is 4.26. The first kappa shape index (κ1) is 16.0. The Balaban J connectivity index is 3.08. The van der Waals surface area contributed by atoms with Crippen LogP contribution < -0.4 is 4.90 Å². The largest absolute Gasteiger partial charge is 0.405 e. The highest BCUT2D eigenvalue weighted by Gasteiger charge is 2.32. The molecule has 7 heteroatoms. The lowest BCUT2D eigenvalue weighted by atomic mass is 10.3. The van der Waals surface area contributed by atoms with Crippen molar-refractivity contribution in [3.8, 4) is 0 Å². The van der Waals surface area contributed by atoms with Crippen molar-refractivity contribution < 1.29 is 13.2 Å². The van der Waals surface area contributed by atoms with Crippen molar-refractivity contribution >= 4 is 17.4 Å². The molecule has 1 aromatic rings. The van der Waals surface area contributed by atoms with Crippen molar-refractivity contribution in [1.29, 1.82) is 0 Å². The summed E-state index contributed by atoms with van der Waals surface area (Å²) >= 11 is 5.85. The number of alkyl halides is 3. The molecule has 0 N–H and O–H groups in total. The predicted molar refractivity (Wildman–Crippen MR) is 69.6 cm³/mol. The number of rotatable bonds is 5. The lowest BCUT2D eigenvalue weighted by Gasteiger charge is -2.29. The first-order chi connectivity index (χ1) is 8.73. The lowest BCUT2D eigenvalue weighted by Crippen LogP contribution is -2.39. The summed E-state index contributed by atoms with van der Waals surface area (Å²) in [6.07, 6.45) is -2.89. The quantitative estimate of drug-likeness (QED) is 0.772. The maximum atomic E-state index is 12.6. The standard InChI is InChI=1S/C12H17ClF3N3/c1-4-5-10-17-9(13)6-11(18-10)19(8(2)3)7-12(14,15)16/h6,8H,4-5,7H2,1-3H3. The third-order valence-corrected chi connectivity index (χ3v) is 2.66. The van der Waals surface area contributed by atoms with Crippen molar-refractivity contribution in [3.05, 3.63) is 17.0 Å². The highest BCUT2D eigenvalue weighted by atomic mass is 35.5. The molecule has 0 atom stereocenters. The van der Waals surface area contributed by atoms with Crippen LogP contribution in [0, 0.1) is 0 Å². The van der Waals surface area contributed by atoms with Gasteiger partial charge in [-0.15, -0.1) is 0 Å². The maximum absolute atomic E-state index is 12.6. The summed E-state index contributed by atoms with van der Waals surface area (Å²) in [4.78, 5) is 9.34. The van der Waals surface area contributed by atoms with E-state index in [9.17, 15) is 13.2 Å². The SMILES string of the molecule is CCCc1nc(Cl)cc(N(CC(F)(F)F)C(C)C)n1. The Kier molecular flexibility index (Phi) is 5.40. The fourth-order valence-electron chi connectivity index (χ4n) is 1.66. The first-order valence-electron chi connectivity index (χ1n) is 6.09. The molecular formula is C12H17ClF3N3. The monoisotopic (exact) mass is 295 g/mol. The van der Waals surface area contributed by atoms with Gasteiger partial charge in [0.15, 0.2) is 0 Å². The smallest absolute Gasteiger partial charge is 0.345 e. The minimum atomic E-state index is -4.29. The van der Waals surface area contributed by atoms with Gasteiger partial charge in [0.25, 0.3) is 0 Å². The number of nitrogens with zero attached hydrogens (tertiary/aromatic N) is 3. The second-order valence-corrected chi connectivity index (χ2v) is 4.94. The second-order valence-electron chi connectivity index (χ2n) is 4.55. The maximum Gasteiger partial charge on any atom is 0.405 e. The Morgan fingerprint density at radius 3 is 2.42 bits per heavy atom. The van der Waals surface area contributed by atoms with Crippen molar-refractivity contribution in [2.24, 2.45) is 0 Å². The van der Waals surface area contributed by atoms with E-state index >= 15 is 0 Å². The van der Waals surface area contributed by atoms with Crippen LogP contribution in [0.25, 0.3) is 0 Å². The van der Waals surface area contributed by atoms with Gasteiger partial charge in [0.05, 0.1) is 0 Å².